The maximum atomic E-state index is 11.2. The van der Waals surface area contributed by atoms with E-state index in [0.717, 1.165) is 11.3 Å². The van der Waals surface area contributed by atoms with Crippen LogP contribution >= 0.6 is 0 Å². The number of hydrogen-bond acceptors (Lipinski definition) is 3. The smallest absolute Gasteiger partial charge is 0.545 e. The maximum absolute atomic E-state index is 11.2. The zero-order valence-corrected chi connectivity index (χ0v) is 12.9. The van der Waals surface area contributed by atoms with Crippen molar-refractivity contribution in [1.82, 2.24) is 0 Å². The van der Waals surface area contributed by atoms with Crippen LogP contribution in [-0.4, -0.2) is 5.97 Å². The van der Waals surface area contributed by atoms with Crippen LogP contribution in [0.3, 0.4) is 0 Å². The van der Waals surface area contributed by atoms with Gasteiger partial charge in [-0.05, 0) is 30.2 Å². The van der Waals surface area contributed by atoms with Gasteiger partial charge in [0, 0.05) is 17.5 Å². The third-order valence-electron chi connectivity index (χ3n) is 3.24. The minimum absolute atomic E-state index is 0. The summed E-state index contributed by atoms with van der Waals surface area (Å²) < 4.78 is 5.73. The quantitative estimate of drug-likeness (QED) is 0.532. The van der Waals surface area contributed by atoms with Gasteiger partial charge in [-0.3, -0.25) is 0 Å². The standard InChI is InChI=1S/C15H12O3.Na/c1-9-6-7-13-11(14(9)15(16)17)8-10-4-2-3-5-12(10)18-13;/h2-7H,8H2,1H3,(H,16,17);/q;+1/p-1. The van der Waals surface area contributed by atoms with Gasteiger partial charge in [-0.1, -0.05) is 24.3 Å². The van der Waals surface area contributed by atoms with Crippen molar-refractivity contribution in [2.75, 3.05) is 0 Å². The van der Waals surface area contributed by atoms with E-state index in [1.165, 1.54) is 0 Å². The number of carbonyl (C=O) groups is 1. The monoisotopic (exact) mass is 262 g/mol. The van der Waals surface area contributed by atoms with E-state index in [-0.39, 0.29) is 35.1 Å². The zero-order valence-electron chi connectivity index (χ0n) is 10.9. The van der Waals surface area contributed by atoms with Crippen molar-refractivity contribution >= 4 is 5.97 Å². The van der Waals surface area contributed by atoms with Crippen LogP contribution in [0.25, 0.3) is 0 Å². The van der Waals surface area contributed by atoms with E-state index < -0.39 is 5.97 Å². The molecule has 0 fully saturated rings. The first-order valence-corrected chi connectivity index (χ1v) is 5.76. The van der Waals surface area contributed by atoms with E-state index in [0.29, 0.717) is 23.3 Å². The fourth-order valence-electron chi connectivity index (χ4n) is 2.36. The average Bonchev–Trinajstić information content (AvgIpc) is 2.36. The van der Waals surface area contributed by atoms with Gasteiger partial charge in [0.2, 0.25) is 0 Å². The molecule has 0 aliphatic carbocycles. The summed E-state index contributed by atoms with van der Waals surface area (Å²) in [7, 11) is 0. The van der Waals surface area contributed by atoms with Crippen molar-refractivity contribution in [3.8, 4) is 11.5 Å². The van der Waals surface area contributed by atoms with Gasteiger partial charge < -0.3 is 14.6 Å². The Labute approximate surface area is 133 Å². The average molecular weight is 262 g/mol. The number of aromatic carboxylic acids is 1. The summed E-state index contributed by atoms with van der Waals surface area (Å²) in [6.45, 7) is 1.77. The first kappa shape index (κ1) is 14.1. The Kier molecular flexibility index (Phi) is 3.99. The van der Waals surface area contributed by atoms with Crippen LogP contribution in [-0.2, 0) is 6.42 Å². The van der Waals surface area contributed by atoms with Crippen LogP contribution in [0, 0.1) is 6.92 Å². The van der Waals surface area contributed by atoms with E-state index in [2.05, 4.69) is 0 Å². The molecule has 1 aliphatic rings. The van der Waals surface area contributed by atoms with Crippen molar-refractivity contribution in [2.24, 2.45) is 0 Å². The molecule has 0 N–H and O–H groups in total. The molecule has 0 aromatic heterocycles. The Morgan fingerprint density at radius 3 is 2.63 bits per heavy atom. The zero-order chi connectivity index (χ0) is 12.7. The SMILES string of the molecule is Cc1ccc2c(c1C(=O)[O-])Cc1ccccc1O2.[Na+]. The van der Waals surface area contributed by atoms with Gasteiger partial charge in [-0.25, -0.2) is 0 Å². The van der Waals surface area contributed by atoms with Crippen LogP contribution in [0.1, 0.15) is 27.0 Å². The second kappa shape index (κ2) is 5.37. The summed E-state index contributed by atoms with van der Waals surface area (Å²) in [6, 6.07) is 11.2. The van der Waals surface area contributed by atoms with Crippen molar-refractivity contribution in [2.45, 2.75) is 13.3 Å². The van der Waals surface area contributed by atoms with E-state index in [1.807, 2.05) is 30.3 Å². The maximum Gasteiger partial charge on any atom is 1.00 e. The van der Waals surface area contributed by atoms with Gasteiger partial charge in [0.1, 0.15) is 11.5 Å². The van der Waals surface area contributed by atoms with E-state index in [4.69, 9.17) is 4.74 Å². The summed E-state index contributed by atoms with van der Waals surface area (Å²) in [6.07, 6.45) is 0.566. The largest absolute Gasteiger partial charge is 1.00 e. The third kappa shape index (κ3) is 2.41. The summed E-state index contributed by atoms with van der Waals surface area (Å²) in [5, 5.41) is 11.2. The minimum Gasteiger partial charge on any atom is -0.545 e. The number of hydrogen-bond donors (Lipinski definition) is 0. The molecule has 0 saturated carbocycles. The van der Waals surface area contributed by atoms with Gasteiger partial charge in [-0.2, -0.15) is 0 Å². The molecule has 0 saturated heterocycles. The van der Waals surface area contributed by atoms with Crippen LogP contribution in [0.5, 0.6) is 11.5 Å². The molecule has 0 radical (unpaired) electrons. The van der Waals surface area contributed by atoms with Crippen LogP contribution in [0.4, 0.5) is 0 Å². The number of carboxylic acids is 1. The number of carboxylic acid groups (broad SMARTS) is 1. The Bertz CT molecular complexity index is 650. The van der Waals surface area contributed by atoms with Crippen molar-refractivity contribution in [1.29, 1.82) is 0 Å². The van der Waals surface area contributed by atoms with E-state index in [1.54, 1.807) is 13.0 Å². The number of benzene rings is 2. The Morgan fingerprint density at radius 2 is 1.89 bits per heavy atom. The molecule has 0 spiro atoms. The second-order valence-corrected chi connectivity index (χ2v) is 4.41. The van der Waals surface area contributed by atoms with Gasteiger partial charge >= 0.3 is 29.6 Å². The van der Waals surface area contributed by atoms with E-state index in [9.17, 15) is 9.90 Å². The Morgan fingerprint density at radius 1 is 1.16 bits per heavy atom. The Balaban J connectivity index is 0.00000133. The molecule has 0 amide bonds. The van der Waals surface area contributed by atoms with Crippen molar-refractivity contribution < 1.29 is 44.2 Å². The molecular weight excluding hydrogens is 251 g/mol. The first-order chi connectivity index (χ1) is 8.66. The number of rotatable bonds is 1. The predicted molar refractivity (Wildman–Crippen MR) is 64.8 cm³/mol. The molecule has 0 unspecified atom stereocenters. The molecule has 2 aromatic rings. The van der Waals surface area contributed by atoms with Crippen molar-refractivity contribution in [3.05, 3.63) is 58.7 Å². The topological polar surface area (TPSA) is 49.4 Å². The van der Waals surface area contributed by atoms with Gasteiger partial charge in [0.05, 0.1) is 5.97 Å². The molecule has 2 aromatic carbocycles. The number of carbonyl (C=O) groups excluding carboxylic acids is 1. The molecule has 3 rings (SSSR count). The number of ether oxygens (including phenoxy) is 1. The fourth-order valence-corrected chi connectivity index (χ4v) is 2.36. The minimum atomic E-state index is -1.15. The number of para-hydroxylation sites is 1. The summed E-state index contributed by atoms with van der Waals surface area (Å²) in [4.78, 5) is 11.2. The number of aryl methyl sites for hydroxylation is 1. The molecule has 1 heterocycles. The van der Waals surface area contributed by atoms with Gasteiger partial charge in [0.25, 0.3) is 0 Å². The van der Waals surface area contributed by atoms with Crippen LogP contribution in [0.2, 0.25) is 0 Å². The summed E-state index contributed by atoms with van der Waals surface area (Å²) >= 11 is 0. The fraction of sp³-hybridized carbons (Fsp3) is 0.133. The van der Waals surface area contributed by atoms with Crippen LogP contribution in [0.15, 0.2) is 36.4 Å². The molecule has 1 aliphatic heterocycles. The summed E-state index contributed by atoms with van der Waals surface area (Å²) in [5.74, 6) is 0.254. The molecule has 0 atom stereocenters. The normalized spacial score (nSPS) is 11.6. The Hall–Kier alpha value is -1.29. The molecule has 0 bridgehead atoms. The molecule has 3 nitrogen and oxygen atoms in total. The number of fused-ring (bicyclic) bond motifs is 2. The second-order valence-electron chi connectivity index (χ2n) is 4.41. The summed E-state index contributed by atoms with van der Waals surface area (Å²) in [5.41, 5.74) is 2.66. The predicted octanol–water partition coefficient (Wildman–Crippen LogP) is -0.941. The van der Waals surface area contributed by atoms with Crippen molar-refractivity contribution in [3.63, 3.8) is 0 Å². The van der Waals surface area contributed by atoms with Gasteiger partial charge in [-0.15, -0.1) is 0 Å². The molecule has 19 heavy (non-hydrogen) atoms. The molecule has 4 heteroatoms. The molecular formula is C15H11NaO3. The molecule has 90 valence electrons. The first-order valence-electron chi connectivity index (χ1n) is 5.76. The third-order valence-corrected chi connectivity index (χ3v) is 3.24. The van der Waals surface area contributed by atoms with Gasteiger partial charge in [0.15, 0.2) is 0 Å². The van der Waals surface area contributed by atoms with E-state index >= 15 is 0 Å². The van der Waals surface area contributed by atoms with Crippen LogP contribution < -0.4 is 39.4 Å².